The molecule has 0 fully saturated rings. The van der Waals surface area contributed by atoms with Gasteiger partial charge in [0.15, 0.2) is 0 Å². The number of hydrogen-bond acceptors (Lipinski definition) is 4. The van der Waals surface area contributed by atoms with Crippen molar-refractivity contribution in [2.45, 2.75) is 6.42 Å². The van der Waals surface area contributed by atoms with Gasteiger partial charge in [-0.3, -0.25) is 4.79 Å². The molecule has 1 aromatic carbocycles. The van der Waals surface area contributed by atoms with E-state index in [2.05, 4.69) is 0 Å². The first-order chi connectivity index (χ1) is 10.3. The van der Waals surface area contributed by atoms with Crippen LogP contribution < -0.4 is 9.64 Å². The zero-order chi connectivity index (χ0) is 16.4. The number of hydrogen-bond donors (Lipinski definition) is 0. The molecule has 0 bridgehead atoms. The second kappa shape index (κ2) is 6.09. The number of carbonyl (C=O) groups is 2. The van der Waals surface area contributed by atoms with Crippen LogP contribution in [0.25, 0.3) is 0 Å². The van der Waals surface area contributed by atoms with E-state index < -0.39 is 6.09 Å². The fourth-order valence-corrected chi connectivity index (χ4v) is 2.30. The van der Waals surface area contributed by atoms with Gasteiger partial charge in [-0.15, -0.1) is 0 Å². The Hall–Kier alpha value is -2.50. The van der Waals surface area contributed by atoms with Crippen molar-refractivity contribution in [3.8, 4) is 5.75 Å². The van der Waals surface area contributed by atoms with Crippen molar-refractivity contribution in [2.75, 3.05) is 40.1 Å². The fraction of sp³-hybridized carbons (Fsp3) is 0.375. The molecule has 6 nitrogen and oxygen atoms in total. The van der Waals surface area contributed by atoms with E-state index >= 15 is 0 Å². The molecule has 118 valence electrons. The number of likely N-dealkylation sites (N-methyl/N-ethyl adjacent to an activating group) is 1. The molecule has 2 amide bonds. The molecule has 0 saturated heterocycles. The summed E-state index contributed by atoms with van der Waals surface area (Å²) in [5.74, 6) is 0.437. The monoisotopic (exact) mass is 303 g/mol. The van der Waals surface area contributed by atoms with Gasteiger partial charge < -0.3 is 19.4 Å². The molecule has 0 atom stereocenters. The third-order valence-corrected chi connectivity index (χ3v) is 3.45. The lowest BCUT2D eigenvalue weighted by atomic mass is 9.98. The van der Waals surface area contributed by atoms with Crippen LogP contribution in [-0.2, 0) is 11.2 Å². The number of fused-ring (bicyclic) bond motifs is 1. The molecule has 1 aliphatic rings. The van der Waals surface area contributed by atoms with Gasteiger partial charge in [0.1, 0.15) is 5.75 Å². The molecule has 1 aliphatic heterocycles. The van der Waals surface area contributed by atoms with E-state index in [0.29, 0.717) is 17.7 Å². The number of amides is 2. The van der Waals surface area contributed by atoms with Crippen molar-refractivity contribution < 1.29 is 14.3 Å². The predicted octanol–water partition coefficient (Wildman–Crippen LogP) is 1.71. The van der Waals surface area contributed by atoms with E-state index in [4.69, 9.17) is 4.74 Å². The highest BCUT2D eigenvalue weighted by molar-refractivity contribution is 5.95. The Morgan fingerprint density at radius 2 is 1.82 bits per heavy atom. The van der Waals surface area contributed by atoms with Crippen molar-refractivity contribution >= 4 is 17.7 Å². The second-order valence-electron chi connectivity index (χ2n) is 5.66. The van der Waals surface area contributed by atoms with Crippen LogP contribution in [0.5, 0.6) is 5.75 Å². The van der Waals surface area contributed by atoms with Crippen molar-refractivity contribution in [3.05, 3.63) is 35.5 Å². The van der Waals surface area contributed by atoms with Crippen LogP contribution in [0.3, 0.4) is 0 Å². The number of nitrogens with zero attached hydrogens (tertiary/aromatic N) is 3. The zero-order valence-corrected chi connectivity index (χ0v) is 13.6. The SMILES string of the molecule is CN(C)C(=O)Oc1cccc2c1CC(C(=O)N(C)C)=CN2C. The molecule has 0 unspecified atom stereocenters. The van der Waals surface area contributed by atoms with E-state index in [1.807, 2.05) is 30.3 Å². The van der Waals surface area contributed by atoms with Gasteiger partial charge in [0.2, 0.25) is 0 Å². The van der Waals surface area contributed by atoms with E-state index in [9.17, 15) is 9.59 Å². The van der Waals surface area contributed by atoms with Crippen LogP contribution in [0.2, 0.25) is 0 Å². The first-order valence-electron chi connectivity index (χ1n) is 6.97. The summed E-state index contributed by atoms with van der Waals surface area (Å²) in [5, 5.41) is 0. The summed E-state index contributed by atoms with van der Waals surface area (Å²) in [6.45, 7) is 0. The van der Waals surface area contributed by atoms with E-state index in [1.165, 1.54) is 4.90 Å². The number of carbonyl (C=O) groups excluding carboxylic acids is 2. The van der Waals surface area contributed by atoms with Gasteiger partial charge in [0.05, 0.1) is 0 Å². The standard InChI is InChI=1S/C16H21N3O3/c1-17(2)15(20)11-9-12-13(19(5)10-11)7-6-8-14(12)22-16(21)18(3)4/h6-8,10H,9H2,1-5H3. The van der Waals surface area contributed by atoms with Gasteiger partial charge in [-0.1, -0.05) is 6.07 Å². The third kappa shape index (κ3) is 3.05. The molecule has 0 spiro atoms. The summed E-state index contributed by atoms with van der Waals surface area (Å²) < 4.78 is 5.42. The lowest BCUT2D eigenvalue weighted by Crippen LogP contribution is -2.30. The topological polar surface area (TPSA) is 53.1 Å². The highest BCUT2D eigenvalue weighted by atomic mass is 16.6. The summed E-state index contributed by atoms with van der Waals surface area (Å²) >= 11 is 0. The van der Waals surface area contributed by atoms with E-state index in [-0.39, 0.29) is 5.91 Å². The number of rotatable bonds is 2. The Bertz CT molecular complexity index is 636. The van der Waals surface area contributed by atoms with E-state index in [0.717, 1.165) is 11.3 Å². The Balaban J connectivity index is 2.37. The zero-order valence-electron chi connectivity index (χ0n) is 13.6. The van der Waals surface area contributed by atoms with Crippen LogP contribution in [0.15, 0.2) is 30.0 Å². The van der Waals surface area contributed by atoms with Gasteiger partial charge in [0.25, 0.3) is 5.91 Å². The predicted molar refractivity (Wildman–Crippen MR) is 85.0 cm³/mol. The summed E-state index contributed by atoms with van der Waals surface area (Å²) in [6.07, 6.45) is 1.82. The minimum atomic E-state index is -0.439. The molecule has 22 heavy (non-hydrogen) atoms. The molecule has 0 aromatic heterocycles. The highest BCUT2D eigenvalue weighted by Crippen LogP contribution is 2.35. The Kier molecular flexibility index (Phi) is 4.40. The van der Waals surface area contributed by atoms with Crippen LogP contribution in [0, 0.1) is 0 Å². The molecule has 1 heterocycles. The van der Waals surface area contributed by atoms with Crippen LogP contribution >= 0.6 is 0 Å². The van der Waals surface area contributed by atoms with Crippen molar-refractivity contribution in [3.63, 3.8) is 0 Å². The third-order valence-electron chi connectivity index (χ3n) is 3.45. The lowest BCUT2D eigenvalue weighted by molar-refractivity contribution is -0.124. The van der Waals surface area contributed by atoms with Gasteiger partial charge in [-0.05, 0) is 12.1 Å². The quantitative estimate of drug-likeness (QED) is 0.834. The van der Waals surface area contributed by atoms with Crippen molar-refractivity contribution in [1.82, 2.24) is 9.80 Å². The molecule has 0 radical (unpaired) electrons. The largest absolute Gasteiger partial charge is 0.414 e. The molecule has 6 heteroatoms. The van der Waals surface area contributed by atoms with Crippen LogP contribution in [0.1, 0.15) is 5.56 Å². The maximum Gasteiger partial charge on any atom is 0.414 e. The van der Waals surface area contributed by atoms with Gasteiger partial charge in [-0.25, -0.2) is 4.79 Å². The number of benzene rings is 1. The highest BCUT2D eigenvalue weighted by Gasteiger charge is 2.24. The minimum Gasteiger partial charge on any atom is -0.410 e. The summed E-state index contributed by atoms with van der Waals surface area (Å²) in [6, 6.07) is 5.52. The molecular weight excluding hydrogens is 282 g/mol. The average Bonchev–Trinajstić information content (AvgIpc) is 2.46. The normalized spacial score (nSPS) is 13.1. The summed E-state index contributed by atoms with van der Waals surface area (Å²) in [4.78, 5) is 28.8. The molecule has 0 N–H and O–H groups in total. The lowest BCUT2D eigenvalue weighted by Gasteiger charge is -2.28. The van der Waals surface area contributed by atoms with Gasteiger partial charge in [0, 0.05) is 64.7 Å². The smallest absolute Gasteiger partial charge is 0.410 e. The fourth-order valence-electron chi connectivity index (χ4n) is 2.30. The second-order valence-corrected chi connectivity index (χ2v) is 5.66. The number of ether oxygens (including phenoxy) is 1. The maximum absolute atomic E-state index is 12.2. The first kappa shape index (κ1) is 15.9. The maximum atomic E-state index is 12.2. The van der Waals surface area contributed by atoms with Gasteiger partial charge in [-0.2, -0.15) is 0 Å². The molecule has 2 rings (SSSR count). The van der Waals surface area contributed by atoms with Crippen LogP contribution in [0.4, 0.5) is 10.5 Å². The van der Waals surface area contributed by atoms with E-state index in [1.54, 1.807) is 39.2 Å². The Morgan fingerprint density at radius 3 is 2.41 bits per heavy atom. The first-order valence-corrected chi connectivity index (χ1v) is 6.97. The molecule has 0 saturated carbocycles. The minimum absolute atomic E-state index is 0.0498. The van der Waals surface area contributed by atoms with Crippen LogP contribution in [-0.4, -0.2) is 57.0 Å². The number of anilines is 1. The Morgan fingerprint density at radius 1 is 1.14 bits per heavy atom. The average molecular weight is 303 g/mol. The molecule has 0 aliphatic carbocycles. The summed E-state index contributed by atoms with van der Waals surface area (Å²) in [7, 11) is 8.57. The Labute approximate surface area is 130 Å². The summed E-state index contributed by atoms with van der Waals surface area (Å²) in [5.41, 5.74) is 2.43. The van der Waals surface area contributed by atoms with Gasteiger partial charge >= 0.3 is 6.09 Å². The molecule has 1 aromatic rings. The van der Waals surface area contributed by atoms with Crippen molar-refractivity contribution in [2.24, 2.45) is 0 Å². The van der Waals surface area contributed by atoms with Crippen molar-refractivity contribution in [1.29, 1.82) is 0 Å². The molecular formula is C16H21N3O3.